The summed E-state index contributed by atoms with van der Waals surface area (Å²) in [5.74, 6) is -2.86. The number of rotatable bonds is 29. The normalized spacial score (nSPS) is 26.2. The van der Waals surface area contributed by atoms with Gasteiger partial charge in [0.2, 0.25) is 0 Å². The monoisotopic (exact) mass is 1680 g/mol. The number of non-ortho nitro benzene ring substituents is 1. The lowest BCUT2D eigenvalue weighted by Gasteiger charge is -2.44. The van der Waals surface area contributed by atoms with E-state index in [0.29, 0.717) is 37.0 Å². The van der Waals surface area contributed by atoms with Crippen LogP contribution in [0.2, 0.25) is 72.5 Å². The predicted octanol–water partition coefficient (Wildman–Crippen LogP) is 22.6. The van der Waals surface area contributed by atoms with Crippen LogP contribution < -0.4 is 0 Å². The number of nitro benzene ring substituents is 1. The Labute approximate surface area is 687 Å². The van der Waals surface area contributed by atoms with E-state index in [1.807, 2.05) is 92.1 Å². The van der Waals surface area contributed by atoms with Crippen molar-refractivity contribution in [1.29, 1.82) is 0 Å². The fourth-order valence-electron chi connectivity index (χ4n) is 16.4. The van der Waals surface area contributed by atoms with Crippen molar-refractivity contribution in [3.05, 3.63) is 104 Å². The molecule has 0 saturated carbocycles. The Hall–Kier alpha value is -5.60. The van der Waals surface area contributed by atoms with Gasteiger partial charge in [0.25, 0.3) is 5.69 Å². The van der Waals surface area contributed by atoms with Crippen molar-refractivity contribution in [1.82, 2.24) is 9.97 Å². The van der Waals surface area contributed by atoms with E-state index in [1.165, 1.54) is 46.9 Å². The van der Waals surface area contributed by atoms with Gasteiger partial charge in [0.05, 0.1) is 87.3 Å². The summed E-state index contributed by atoms with van der Waals surface area (Å²) in [6.45, 7) is 49.2. The molecule has 0 amide bonds. The number of esters is 3. The number of ether oxygens (including phenoxy) is 3. The number of Topliss-reactive ketones (excluding diaryl/α,β-unsaturated/α-hetero) is 2. The first-order chi connectivity index (χ1) is 53.3. The first-order valence-corrected chi connectivity index (χ1v) is 53.8. The number of nitro groups is 1. The van der Waals surface area contributed by atoms with E-state index in [4.69, 9.17) is 31.9 Å². The smallest absolute Gasteiger partial charge is 0.338 e. The lowest BCUT2D eigenvalue weighted by molar-refractivity contribution is -0.384. The average molecular weight is 1680 g/mol. The van der Waals surface area contributed by atoms with Crippen LogP contribution in [0.1, 0.15) is 248 Å². The highest BCUT2D eigenvalue weighted by molar-refractivity contribution is 7.10. The molecule has 634 valence electrons. The first kappa shape index (κ1) is 99.8. The molecular weight excluding hydrogens is 1540 g/mol. The van der Waals surface area contributed by atoms with E-state index >= 15 is 4.79 Å². The Morgan fingerprint density at radius 2 is 0.929 bits per heavy atom. The van der Waals surface area contributed by atoms with Crippen LogP contribution in [-0.2, 0) is 51.1 Å². The van der Waals surface area contributed by atoms with Gasteiger partial charge in [-0.25, -0.2) is 14.8 Å². The quantitative estimate of drug-likeness (QED) is 0.00986. The highest BCUT2D eigenvalue weighted by Crippen LogP contribution is 2.44. The van der Waals surface area contributed by atoms with E-state index in [-0.39, 0.29) is 72.9 Å². The number of cyclic esters (lactones) is 2. The number of aromatic nitrogens is 2. The van der Waals surface area contributed by atoms with E-state index in [0.717, 1.165) is 100 Å². The molecule has 0 radical (unpaired) electrons. The standard InChI is InChI=1S/C45H71N5O9SSi2.C38H68N4O6SSi2/c1-13-61(14-2,15-3)58-40-28-41(51)56-39(31(8)26-35-29-60-33(10)47-35)27-37(48-49-46)38(57-44(53)34-22-24-36(25-23-34)50(54)55)21-19-20-30(7)42(32(9)43(52)45(40,11)12)59-62(16-4,17-5)18-6;1-13-50(14-2,15-3)47-34-24-35(44)46-33(27(8)22-30-25-49-29(10)40-30)23-31(41-42-39)32(43)21-19-20-26(7)36(28(9)37(45)38(34,11)12)48-51(16-4,17-5)18-6/h22-26,29-30,32,37-40,42H,13-21,27-28H2,1-12H3;22,25-26,28,31-34,36,43H,13-21,23-24H2,1-12H3/b31-26+;27-22+/t30-,32+,37-,38-,39?,40-,42-;26-,28+,31-,32-,33?,34+,36+/m00/s1. The van der Waals surface area contributed by atoms with Gasteiger partial charge < -0.3 is 37.0 Å². The lowest BCUT2D eigenvalue weighted by atomic mass is 9.73. The maximum Gasteiger partial charge on any atom is 0.338 e. The summed E-state index contributed by atoms with van der Waals surface area (Å²) in [4.78, 5) is 98.6. The van der Waals surface area contributed by atoms with Crippen LogP contribution in [0.25, 0.3) is 33.0 Å². The number of thiazole rings is 2. The van der Waals surface area contributed by atoms with E-state index in [1.54, 1.807) is 0 Å². The molecule has 4 heterocycles. The molecule has 0 aliphatic carbocycles. The number of carbonyl (C=O) groups is 5. The second-order valence-electron chi connectivity index (χ2n) is 33.0. The number of nitrogens with zero attached hydrogens (tertiary/aromatic N) is 9. The molecule has 0 spiro atoms. The summed E-state index contributed by atoms with van der Waals surface area (Å²) in [5.41, 5.74) is 20.1. The molecule has 14 atom stereocenters. The number of hydrogen-bond donors (Lipinski definition) is 1. The fourth-order valence-corrected chi connectivity index (χ4v) is 29.5. The van der Waals surface area contributed by atoms with Crippen molar-refractivity contribution in [2.75, 3.05) is 0 Å². The van der Waals surface area contributed by atoms with Crippen molar-refractivity contribution >= 4 is 103 Å². The number of aryl methyl sites for hydroxylation is 2. The molecule has 24 nitrogen and oxygen atoms in total. The van der Waals surface area contributed by atoms with Gasteiger partial charge in [-0.15, -0.1) is 22.7 Å². The fraction of sp³-hybridized carbons (Fsp3) is 0.747. The van der Waals surface area contributed by atoms with Gasteiger partial charge in [0, 0.05) is 61.8 Å². The van der Waals surface area contributed by atoms with E-state index in [9.17, 15) is 45.5 Å². The number of aliphatic hydroxyl groups is 1. The molecule has 113 heavy (non-hydrogen) atoms. The zero-order valence-electron chi connectivity index (χ0n) is 72.8. The molecule has 30 heteroatoms. The highest BCUT2D eigenvalue weighted by Gasteiger charge is 2.51. The zero-order valence-corrected chi connectivity index (χ0v) is 78.4. The van der Waals surface area contributed by atoms with Gasteiger partial charge >= 0.3 is 17.9 Å². The Balaban J connectivity index is 0.000000486. The second kappa shape index (κ2) is 46.5. The van der Waals surface area contributed by atoms with Crippen LogP contribution in [0.3, 0.4) is 0 Å². The summed E-state index contributed by atoms with van der Waals surface area (Å²) in [7, 11) is -9.05. The highest BCUT2D eigenvalue weighted by atomic mass is 32.1. The van der Waals surface area contributed by atoms with Gasteiger partial charge in [0.15, 0.2) is 33.3 Å². The topological polar surface area (TPSA) is 337 Å². The number of benzene rings is 1. The third kappa shape index (κ3) is 27.8. The van der Waals surface area contributed by atoms with Crippen LogP contribution in [-0.4, -0.2) is 144 Å². The summed E-state index contributed by atoms with van der Waals surface area (Å²) >= 11 is 3.01. The molecule has 2 aromatic heterocycles. The third-order valence-corrected chi connectivity index (χ3v) is 45.6. The minimum absolute atomic E-state index is 0.0264. The molecule has 2 saturated heterocycles. The maximum atomic E-state index is 15.2. The van der Waals surface area contributed by atoms with Gasteiger partial charge in [0.1, 0.15) is 29.9 Å². The molecule has 3 aromatic rings. The second-order valence-corrected chi connectivity index (χ2v) is 54.0. The summed E-state index contributed by atoms with van der Waals surface area (Å²) in [5, 5.41) is 36.5. The molecule has 5 rings (SSSR count). The Morgan fingerprint density at radius 3 is 1.27 bits per heavy atom. The lowest BCUT2D eigenvalue weighted by Crippen LogP contribution is -2.53. The van der Waals surface area contributed by atoms with Crippen LogP contribution in [0.5, 0.6) is 0 Å². The number of ketones is 2. The summed E-state index contributed by atoms with van der Waals surface area (Å²) in [6.07, 6.45) is 0.802. The number of azide groups is 2. The summed E-state index contributed by atoms with van der Waals surface area (Å²) in [6, 6.07) is 14.0. The van der Waals surface area contributed by atoms with Crippen molar-refractivity contribution in [3.8, 4) is 0 Å². The molecule has 2 fully saturated rings. The van der Waals surface area contributed by atoms with Gasteiger partial charge in [-0.1, -0.05) is 155 Å². The molecule has 1 aromatic carbocycles. The first-order valence-electron chi connectivity index (χ1n) is 41.9. The molecule has 2 aliphatic heterocycles. The average Bonchev–Trinajstić information content (AvgIpc) is 1.68. The van der Waals surface area contributed by atoms with Crippen molar-refractivity contribution in [3.63, 3.8) is 0 Å². The number of carbonyl (C=O) groups excluding carboxylic acids is 5. The van der Waals surface area contributed by atoms with Crippen molar-refractivity contribution in [2.45, 2.75) is 364 Å². The predicted molar refractivity (Wildman–Crippen MR) is 464 cm³/mol. The minimum Gasteiger partial charge on any atom is -0.458 e. The minimum atomic E-state index is -2.39. The van der Waals surface area contributed by atoms with Crippen molar-refractivity contribution in [2.24, 2.45) is 44.7 Å². The summed E-state index contributed by atoms with van der Waals surface area (Å²) < 4.78 is 47.4. The number of hydrogen-bond acceptors (Lipinski definition) is 21. The Kier molecular flexibility index (Phi) is 41.1. The maximum absolute atomic E-state index is 15.2. The van der Waals surface area contributed by atoms with Crippen LogP contribution in [0, 0.1) is 58.5 Å². The molecule has 0 bridgehead atoms. The van der Waals surface area contributed by atoms with Gasteiger partial charge in [-0.3, -0.25) is 29.3 Å². The van der Waals surface area contributed by atoms with E-state index < -0.39 is 134 Å². The molecular formula is C83H139N9O15S2Si4. The molecule has 2 aliphatic rings. The zero-order chi connectivity index (χ0) is 85.0. The molecule has 1 N–H and O–H groups in total. The Morgan fingerprint density at radius 1 is 0.584 bits per heavy atom. The van der Waals surface area contributed by atoms with Crippen LogP contribution >= 0.6 is 22.7 Å². The van der Waals surface area contributed by atoms with Crippen molar-refractivity contribution < 1.29 is 65.9 Å². The number of aliphatic hydroxyl groups excluding tert-OH is 1. The largest absolute Gasteiger partial charge is 0.458 e. The molecule has 2 unspecified atom stereocenters. The van der Waals surface area contributed by atoms with Crippen LogP contribution in [0.15, 0.2) is 56.4 Å². The van der Waals surface area contributed by atoms with Gasteiger partial charge in [-0.2, -0.15) is 0 Å². The van der Waals surface area contributed by atoms with Gasteiger partial charge in [-0.05, 0) is 197 Å². The third-order valence-electron chi connectivity index (χ3n) is 25.5. The SMILES string of the molecule is CC[Si](CC)(CC)O[C@@H]1[C@@H](C)CCC[C@H](O)[C@@H](N=[N+]=[N-])CC(/C(C)=C/c2csc(C)n2)OC(=O)C[C@@H](O[Si](CC)(CC)CC)C(C)(C)C(=O)[C@@H]1C.CC[Si](CC)(CC)O[C@H]1[C@@H](C)CCC[C@H](OC(=O)c2ccc([N+](=O)[O-])cc2)[C@@H](N=[N+]=[N-])CC(/C(C)=C/c2csc(C)n2)OC(=O)C[C@H](O[Si](CC)(CC)CC)C(C)(C)C(=O)[C@@H]1C. The van der Waals surface area contributed by atoms with E-state index in [2.05, 4.69) is 127 Å². The Bertz CT molecular complexity index is 3660. The van der Waals surface area contributed by atoms with Crippen LogP contribution in [0.4, 0.5) is 5.69 Å².